The van der Waals surface area contributed by atoms with E-state index in [9.17, 15) is 4.79 Å². The Balaban J connectivity index is 1.87. The Bertz CT molecular complexity index is 558. The van der Waals surface area contributed by atoms with Gasteiger partial charge in [0.2, 0.25) is 5.91 Å². The van der Waals surface area contributed by atoms with Gasteiger partial charge in [-0.25, -0.2) is 0 Å². The maximum atomic E-state index is 12.4. The van der Waals surface area contributed by atoms with Gasteiger partial charge in [0.25, 0.3) is 0 Å². The highest BCUT2D eigenvalue weighted by atomic mass is 16.2. The molecule has 1 fully saturated rings. The summed E-state index contributed by atoms with van der Waals surface area (Å²) in [6, 6.07) is 10.8. The number of guanidine groups is 1. The number of carbonyl (C=O) groups is 1. The van der Waals surface area contributed by atoms with E-state index >= 15 is 0 Å². The van der Waals surface area contributed by atoms with Crippen molar-refractivity contribution in [3.05, 3.63) is 35.9 Å². The molecule has 0 radical (unpaired) electrons. The van der Waals surface area contributed by atoms with Crippen LogP contribution in [0.15, 0.2) is 35.3 Å². The standard InChI is InChI=1S/C20H32N4O/c1-4-21-20(23-17(3)18-11-6-5-7-12-18)22-14-13-19(25)24-15-9-8-10-16(24)2/h5-7,11-12,16-17H,4,8-10,13-15H2,1-3H3,(H2,21,22,23). The van der Waals surface area contributed by atoms with Gasteiger partial charge in [-0.3, -0.25) is 9.79 Å². The van der Waals surface area contributed by atoms with Gasteiger partial charge in [0.15, 0.2) is 5.96 Å². The average molecular weight is 345 g/mol. The van der Waals surface area contributed by atoms with Gasteiger partial charge in [-0.1, -0.05) is 30.3 Å². The van der Waals surface area contributed by atoms with E-state index in [0.717, 1.165) is 31.9 Å². The molecule has 0 aromatic heterocycles. The lowest BCUT2D eigenvalue weighted by Gasteiger charge is -2.33. The number of hydrogen-bond donors (Lipinski definition) is 2. The maximum absolute atomic E-state index is 12.4. The Morgan fingerprint density at radius 1 is 1.32 bits per heavy atom. The molecule has 138 valence electrons. The van der Waals surface area contributed by atoms with Gasteiger partial charge in [-0.2, -0.15) is 0 Å². The third-order valence-corrected chi connectivity index (χ3v) is 4.72. The minimum Gasteiger partial charge on any atom is -0.357 e. The topological polar surface area (TPSA) is 56.7 Å². The molecule has 0 spiro atoms. The Hall–Kier alpha value is -2.04. The lowest BCUT2D eigenvalue weighted by Crippen LogP contribution is -2.42. The van der Waals surface area contributed by atoms with E-state index in [1.54, 1.807) is 0 Å². The molecule has 25 heavy (non-hydrogen) atoms. The minimum absolute atomic E-state index is 0.164. The van der Waals surface area contributed by atoms with Crippen molar-refractivity contribution in [2.24, 2.45) is 4.99 Å². The molecule has 5 nitrogen and oxygen atoms in total. The van der Waals surface area contributed by atoms with E-state index in [1.807, 2.05) is 30.0 Å². The third-order valence-electron chi connectivity index (χ3n) is 4.72. The summed E-state index contributed by atoms with van der Waals surface area (Å²) in [4.78, 5) is 19.0. The van der Waals surface area contributed by atoms with Crippen LogP contribution in [-0.4, -0.2) is 42.4 Å². The van der Waals surface area contributed by atoms with Crippen molar-refractivity contribution in [2.45, 2.75) is 58.5 Å². The van der Waals surface area contributed by atoms with E-state index in [0.29, 0.717) is 19.0 Å². The molecule has 0 saturated carbocycles. The number of nitrogens with zero attached hydrogens (tertiary/aromatic N) is 2. The molecule has 5 heteroatoms. The fourth-order valence-corrected chi connectivity index (χ4v) is 3.23. The summed E-state index contributed by atoms with van der Waals surface area (Å²) in [5, 5.41) is 6.67. The summed E-state index contributed by atoms with van der Waals surface area (Å²) in [7, 11) is 0. The van der Waals surface area contributed by atoms with Crippen molar-refractivity contribution >= 4 is 11.9 Å². The van der Waals surface area contributed by atoms with Gasteiger partial charge in [0.05, 0.1) is 12.6 Å². The molecular formula is C20H32N4O. The van der Waals surface area contributed by atoms with E-state index in [2.05, 4.69) is 41.6 Å². The molecule has 1 saturated heterocycles. The normalized spacial score (nSPS) is 19.4. The molecule has 2 N–H and O–H groups in total. The molecular weight excluding hydrogens is 312 g/mol. The van der Waals surface area contributed by atoms with Crippen LogP contribution in [0.1, 0.15) is 58.1 Å². The number of carbonyl (C=O) groups excluding carboxylic acids is 1. The van der Waals surface area contributed by atoms with Crippen LogP contribution in [0.3, 0.4) is 0 Å². The predicted molar refractivity (Wildman–Crippen MR) is 104 cm³/mol. The number of hydrogen-bond acceptors (Lipinski definition) is 2. The number of benzene rings is 1. The van der Waals surface area contributed by atoms with Gasteiger partial charge < -0.3 is 15.5 Å². The maximum Gasteiger partial charge on any atom is 0.224 e. The molecule has 1 aromatic rings. The number of amides is 1. The van der Waals surface area contributed by atoms with Crippen LogP contribution in [0.25, 0.3) is 0 Å². The van der Waals surface area contributed by atoms with E-state index < -0.39 is 0 Å². The largest absolute Gasteiger partial charge is 0.357 e. The second kappa shape index (κ2) is 10.1. The molecule has 1 heterocycles. The zero-order valence-electron chi connectivity index (χ0n) is 15.8. The molecule has 0 aliphatic carbocycles. The van der Waals surface area contributed by atoms with Gasteiger partial charge in [-0.05, 0) is 45.6 Å². The molecule has 1 aliphatic heterocycles. The molecule has 1 amide bonds. The predicted octanol–water partition coefficient (Wildman–Crippen LogP) is 3.09. The van der Waals surface area contributed by atoms with Crippen LogP contribution in [0.4, 0.5) is 0 Å². The van der Waals surface area contributed by atoms with Crippen LogP contribution in [0.5, 0.6) is 0 Å². The highest BCUT2D eigenvalue weighted by Crippen LogP contribution is 2.17. The van der Waals surface area contributed by atoms with Crippen molar-refractivity contribution < 1.29 is 4.79 Å². The van der Waals surface area contributed by atoms with Gasteiger partial charge in [0.1, 0.15) is 0 Å². The number of nitrogens with one attached hydrogen (secondary N) is 2. The summed E-state index contributed by atoms with van der Waals surface area (Å²) < 4.78 is 0. The Morgan fingerprint density at radius 3 is 2.76 bits per heavy atom. The fourth-order valence-electron chi connectivity index (χ4n) is 3.23. The summed E-state index contributed by atoms with van der Waals surface area (Å²) in [6.07, 6.45) is 3.95. The summed E-state index contributed by atoms with van der Waals surface area (Å²) >= 11 is 0. The van der Waals surface area contributed by atoms with Crippen LogP contribution < -0.4 is 10.6 Å². The first-order chi connectivity index (χ1) is 12.1. The van der Waals surface area contributed by atoms with Crippen molar-refractivity contribution in [1.29, 1.82) is 0 Å². The number of aliphatic imine (C=N–C) groups is 1. The number of piperidine rings is 1. The van der Waals surface area contributed by atoms with Gasteiger partial charge >= 0.3 is 0 Å². The Labute approximate surface area is 151 Å². The first-order valence-corrected chi connectivity index (χ1v) is 9.51. The van der Waals surface area contributed by atoms with E-state index in [1.165, 1.54) is 12.0 Å². The Kier molecular flexibility index (Phi) is 7.76. The molecule has 2 atom stereocenters. The molecule has 0 bridgehead atoms. The van der Waals surface area contributed by atoms with Crippen LogP contribution >= 0.6 is 0 Å². The van der Waals surface area contributed by atoms with E-state index in [-0.39, 0.29) is 11.9 Å². The zero-order valence-corrected chi connectivity index (χ0v) is 15.8. The molecule has 2 rings (SSSR count). The van der Waals surface area contributed by atoms with Gasteiger partial charge in [0, 0.05) is 25.6 Å². The van der Waals surface area contributed by atoms with Crippen LogP contribution in [0.2, 0.25) is 0 Å². The zero-order chi connectivity index (χ0) is 18.1. The fraction of sp³-hybridized carbons (Fsp3) is 0.600. The quantitative estimate of drug-likeness (QED) is 0.616. The third kappa shape index (κ3) is 6.07. The second-order valence-electron chi connectivity index (χ2n) is 6.72. The number of rotatable bonds is 6. The Morgan fingerprint density at radius 2 is 2.08 bits per heavy atom. The van der Waals surface area contributed by atoms with Crippen LogP contribution in [0, 0.1) is 0 Å². The summed E-state index contributed by atoms with van der Waals surface area (Å²) in [6.45, 7) is 8.51. The smallest absolute Gasteiger partial charge is 0.224 e. The summed E-state index contributed by atoms with van der Waals surface area (Å²) in [5.41, 5.74) is 1.21. The van der Waals surface area contributed by atoms with Crippen molar-refractivity contribution in [3.63, 3.8) is 0 Å². The lowest BCUT2D eigenvalue weighted by atomic mass is 10.0. The summed E-state index contributed by atoms with van der Waals surface area (Å²) in [5.74, 6) is 0.987. The minimum atomic E-state index is 0.164. The monoisotopic (exact) mass is 344 g/mol. The van der Waals surface area contributed by atoms with Crippen molar-refractivity contribution in [1.82, 2.24) is 15.5 Å². The SMILES string of the molecule is CCNC(=NCCC(=O)N1CCCCC1C)NC(C)c1ccccc1. The second-order valence-corrected chi connectivity index (χ2v) is 6.72. The van der Waals surface area contributed by atoms with Crippen molar-refractivity contribution in [2.75, 3.05) is 19.6 Å². The highest BCUT2D eigenvalue weighted by molar-refractivity contribution is 5.81. The lowest BCUT2D eigenvalue weighted by molar-refractivity contribution is -0.134. The van der Waals surface area contributed by atoms with E-state index in [4.69, 9.17) is 0 Å². The first kappa shape index (κ1) is 19.3. The van der Waals surface area contributed by atoms with Crippen LogP contribution in [-0.2, 0) is 4.79 Å². The highest BCUT2D eigenvalue weighted by Gasteiger charge is 2.22. The van der Waals surface area contributed by atoms with Gasteiger partial charge in [-0.15, -0.1) is 0 Å². The molecule has 2 unspecified atom stereocenters. The average Bonchev–Trinajstić information content (AvgIpc) is 2.62. The van der Waals surface area contributed by atoms with Crippen molar-refractivity contribution in [3.8, 4) is 0 Å². The molecule has 1 aliphatic rings. The molecule has 1 aromatic carbocycles. The first-order valence-electron chi connectivity index (χ1n) is 9.51. The number of likely N-dealkylation sites (tertiary alicyclic amines) is 1.